The van der Waals surface area contributed by atoms with E-state index in [0.717, 1.165) is 12.8 Å². The van der Waals surface area contributed by atoms with Crippen molar-refractivity contribution < 1.29 is 5.11 Å². The summed E-state index contributed by atoms with van der Waals surface area (Å²) in [5.74, 6) is 0.825. The summed E-state index contributed by atoms with van der Waals surface area (Å²) in [6, 6.07) is 0. The molecule has 3 unspecified atom stereocenters. The van der Waals surface area contributed by atoms with Crippen LogP contribution in [0.5, 0.6) is 0 Å². The zero-order valence-electron chi connectivity index (χ0n) is 31.8. The number of hydrogen-bond donors (Lipinski definition) is 2. The molecule has 0 aliphatic carbocycles. The Labute approximate surface area is 285 Å². The molecule has 0 spiro atoms. The number of nitrogens with two attached hydrogens (primary N) is 1. The lowest BCUT2D eigenvalue weighted by molar-refractivity contribution is 0.00595. The highest BCUT2D eigenvalue weighted by molar-refractivity contribution is 5.00. The minimum absolute atomic E-state index is 0.412. The highest BCUT2D eigenvalue weighted by atomic mass is 16.3. The molecular weight excluding hydrogens is 546 g/mol. The van der Waals surface area contributed by atoms with Crippen molar-refractivity contribution in [1.82, 2.24) is 0 Å². The maximum Gasteiger partial charge on any atom is 0.0696 e. The van der Waals surface area contributed by atoms with E-state index in [9.17, 15) is 5.11 Å². The molecule has 0 bridgehead atoms. The molecule has 0 amide bonds. The Kier molecular flexibility index (Phi) is 32.9. The molecule has 45 heavy (non-hydrogen) atoms. The van der Waals surface area contributed by atoms with Crippen molar-refractivity contribution in [3.63, 3.8) is 0 Å². The van der Waals surface area contributed by atoms with E-state index in [1.165, 1.54) is 180 Å². The summed E-state index contributed by atoms with van der Waals surface area (Å²) >= 11 is 0. The average molecular weight is 632 g/mol. The van der Waals surface area contributed by atoms with E-state index in [4.69, 9.17) is 5.73 Å². The van der Waals surface area contributed by atoms with Gasteiger partial charge in [0.05, 0.1) is 6.10 Å². The summed E-state index contributed by atoms with van der Waals surface area (Å²) in [7, 11) is 0. The minimum Gasteiger partial charge on any atom is -0.391 e. The summed E-state index contributed by atoms with van der Waals surface area (Å²) < 4.78 is 0. The van der Waals surface area contributed by atoms with E-state index in [0.29, 0.717) is 11.8 Å². The van der Waals surface area contributed by atoms with Crippen molar-refractivity contribution in [3.05, 3.63) is 24.3 Å². The molecule has 2 nitrogen and oxygen atoms in total. The highest BCUT2D eigenvalue weighted by Gasteiger charge is 2.43. The molecule has 3 N–H and O–H groups in total. The van der Waals surface area contributed by atoms with E-state index >= 15 is 0 Å². The Hall–Kier alpha value is -0.600. The van der Waals surface area contributed by atoms with Crippen molar-refractivity contribution in [2.24, 2.45) is 17.6 Å². The molecule has 2 heteroatoms. The predicted octanol–water partition coefficient (Wildman–Crippen LogP) is 14.2. The van der Waals surface area contributed by atoms with Crippen LogP contribution in [-0.4, -0.2) is 16.7 Å². The van der Waals surface area contributed by atoms with Crippen LogP contribution >= 0.6 is 0 Å². The van der Waals surface area contributed by atoms with Gasteiger partial charge in [-0.25, -0.2) is 0 Å². The van der Waals surface area contributed by atoms with E-state index < -0.39 is 11.6 Å². The van der Waals surface area contributed by atoms with Gasteiger partial charge >= 0.3 is 0 Å². The second-order valence-electron chi connectivity index (χ2n) is 14.6. The first kappa shape index (κ1) is 44.4. The summed E-state index contributed by atoms with van der Waals surface area (Å²) in [5.41, 5.74) is 6.75. The molecule has 0 aliphatic heterocycles. The first-order valence-electron chi connectivity index (χ1n) is 20.8. The molecule has 0 aromatic rings. The van der Waals surface area contributed by atoms with Crippen molar-refractivity contribution in [3.8, 4) is 0 Å². The van der Waals surface area contributed by atoms with Crippen LogP contribution < -0.4 is 5.73 Å². The zero-order valence-corrected chi connectivity index (χ0v) is 31.8. The number of aliphatic hydroxyl groups excluding tert-OH is 1. The molecule has 0 aromatic heterocycles. The van der Waals surface area contributed by atoms with Crippen LogP contribution in [0.25, 0.3) is 0 Å². The quantitative estimate of drug-likeness (QED) is 0.0540. The van der Waals surface area contributed by atoms with E-state index in [2.05, 4.69) is 52.0 Å². The Morgan fingerprint density at radius 1 is 0.444 bits per heavy atom. The van der Waals surface area contributed by atoms with Crippen molar-refractivity contribution in [2.75, 3.05) is 0 Å². The maximum absolute atomic E-state index is 11.0. The third-order valence-electron chi connectivity index (χ3n) is 10.8. The molecule has 0 saturated heterocycles. The fraction of sp³-hybridized carbons (Fsp3) is 0.907. The number of allylic oxidation sites excluding steroid dienone is 4. The predicted molar refractivity (Wildman–Crippen MR) is 205 cm³/mol. The number of unbranched alkanes of at least 4 members (excludes halogenated alkanes) is 22. The van der Waals surface area contributed by atoms with Crippen LogP contribution in [0.3, 0.4) is 0 Å². The van der Waals surface area contributed by atoms with Crippen LogP contribution in [0.4, 0.5) is 0 Å². The molecule has 0 saturated carbocycles. The smallest absolute Gasteiger partial charge is 0.0696 e. The molecular formula is C43H85NO. The Morgan fingerprint density at radius 2 is 0.711 bits per heavy atom. The van der Waals surface area contributed by atoms with E-state index in [1.807, 2.05) is 6.92 Å². The van der Waals surface area contributed by atoms with E-state index in [-0.39, 0.29) is 0 Å². The fourth-order valence-corrected chi connectivity index (χ4v) is 7.55. The van der Waals surface area contributed by atoms with Crippen molar-refractivity contribution in [2.45, 2.75) is 239 Å². The van der Waals surface area contributed by atoms with Crippen LogP contribution in [0.2, 0.25) is 0 Å². The molecule has 3 atom stereocenters. The third kappa shape index (κ3) is 24.2. The van der Waals surface area contributed by atoms with Crippen LogP contribution in [0.15, 0.2) is 24.3 Å². The molecule has 0 heterocycles. The molecule has 0 radical (unpaired) electrons. The van der Waals surface area contributed by atoms with Gasteiger partial charge in [0, 0.05) is 5.54 Å². The fourth-order valence-electron chi connectivity index (χ4n) is 7.55. The Morgan fingerprint density at radius 3 is 0.978 bits per heavy atom. The minimum atomic E-state index is -0.453. The lowest BCUT2D eigenvalue weighted by Gasteiger charge is -2.46. The standard InChI is InChI=1S/C43H85NO/c1-6-10-12-14-16-18-20-22-24-26-28-30-32-34-36-38-41(8-3)43(44,40(5)45)42(9-4)39-37-35-33-31-29-27-25-23-21-19-17-15-13-11-7-2/h22-25,40-42,45H,6-21,26-39,44H2,1-5H3. The first-order valence-corrected chi connectivity index (χ1v) is 20.8. The van der Waals surface area contributed by atoms with Gasteiger partial charge in [0.15, 0.2) is 0 Å². The summed E-state index contributed by atoms with van der Waals surface area (Å²) in [4.78, 5) is 0. The normalized spacial score (nSPS) is 15.6. The van der Waals surface area contributed by atoms with Gasteiger partial charge in [-0.15, -0.1) is 0 Å². The third-order valence-corrected chi connectivity index (χ3v) is 10.8. The Balaban J connectivity index is 4.15. The van der Waals surface area contributed by atoms with Crippen molar-refractivity contribution in [1.29, 1.82) is 0 Å². The lowest BCUT2D eigenvalue weighted by Crippen LogP contribution is -2.60. The van der Waals surface area contributed by atoms with Gasteiger partial charge in [0.2, 0.25) is 0 Å². The monoisotopic (exact) mass is 632 g/mol. The molecule has 0 fully saturated rings. The van der Waals surface area contributed by atoms with Gasteiger partial charge < -0.3 is 10.8 Å². The number of aliphatic hydroxyl groups is 1. The zero-order chi connectivity index (χ0) is 33.3. The van der Waals surface area contributed by atoms with Crippen molar-refractivity contribution >= 4 is 0 Å². The molecule has 0 aromatic carbocycles. The van der Waals surface area contributed by atoms with E-state index in [1.54, 1.807) is 0 Å². The SMILES string of the molecule is CCCCCCCCC=CCCCCCCCC(CC)C(N)(C(C)O)C(CC)CCCCCCCC=CCCCCCCCC. The van der Waals surface area contributed by atoms with Gasteiger partial charge in [0.1, 0.15) is 0 Å². The van der Waals surface area contributed by atoms with Gasteiger partial charge in [0.25, 0.3) is 0 Å². The first-order chi connectivity index (χ1) is 22.0. The van der Waals surface area contributed by atoms with Gasteiger partial charge in [-0.2, -0.15) is 0 Å². The summed E-state index contributed by atoms with van der Waals surface area (Å²) in [6.45, 7) is 11.1. The molecule has 0 aliphatic rings. The topological polar surface area (TPSA) is 46.2 Å². The average Bonchev–Trinajstić information content (AvgIpc) is 3.04. The Bertz CT molecular complexity index is 590. The second-order valence-corrected chi connectivity index (χ2v) is 14.6. The van der Waals surface area contributed by atoms with Crippen LogP contribution in [0, 0.1) is 11.8 Å². The summed E-state index contributed by atoms with van der Waals surface area (Å²) in [5, 5.41) is 11.0. The number of rotatable bonds is 35. The van der Waals surface area contributed by atoms with Gasteiger partial charge in [-0.3, -0.25) is 0 Å². The van der Waals surface area contributed by atoms with Crippen LogP contribution in [-0.2, 0) is 0 Å². The molecule has 0 rings (SSSR count). The van der Waals surface area contributed by atoms with Gasteiger partial charge in [-0.1, -0.05) is 180 Å². The number of hydrogen-bond acceptors (Lipinski definition) is 2. The summed E-state index contributed by atoms with van der Waals surface area (Å²) in [6.07, 6.45) is 48.6. The van der Waals surface area contributed by atoms with Crippen LogP contribution in [0.1, 0.15) is 227 Å². The largest absolute Gasteiger partial charge is 0.391 e. The maximum atomic E-state index is 11.0. The highest BCUT2D eigenvalue weighted by Crippen LogP contribution is 2.38. The lowest BCUT2D eigenvalue weighted by atomic mass is 9.66. The molecule has 268 valence electrons. The van der Waals surface area contributed by atoms with Gasteiger partial charge in [-0.05, 0) is 83.0 Å². The second kappa shape index (κ2) is 33.3.